The SMILES string of the molecule is O=C(NC1CCCC1)c1occc1CSc1ccccc1. The number of amides is 1. The minimum atomic E-state index is -0.0736. The number of nitrogens with one attached hydrogen (secondary N) is 1. The molecule has 21 heavy (non-hydrogen) atoms. The van der Waals surface area contributed by atoms with E-state index in [4.69, 9.17) is 4.42 Å². The van der Waals surface area contributed by atoms with E-state index in [0.29, 0.717) is 11.8 Å². The smallest absolute Gasteiger partial charge is 0.287 e. The van der Waals surface area contributed by atoms with Gasteiger partial charge in [-0.15, -0.1) is 11.8 Å². The van der Waals surface area contributed by atoms with Gasteiger partial charge in [-0.3, -0.25) is 4.79 Å². The maximum absolute atomic E-state index is 12.3. The molecule has 0 radical (unpaired) electrons. The van der Waals surface area contributed by atoms with Gasteiger partial charge in [-0.1, -0.05) is 31.0 Å². The highest BCUT2D eigenvalue weighted by molar-refractivity contribution is 7.98. The molecule has 110 valence electrons. The summed E-state index contributed by atoms with van der Waals surface area (Å²) in [4.78, 5) is 13.5. The van der Waals surface area contributed by atoms with E-state index < -0.39 is 0 Å². The molecular formula is C17H19NO2S. The molecule has 0 saturated heterocycles. The number of benzene rings is 1. The predicted molar refractivity (Wildman–Crippen MR) is 84.4 cm³/mol. The number of carbonyl (C=O) groups excluding carboxylic acids is 1. The fourth-order valence-corrected chi connectivity index (χ4v) is 3.55. The van der Waals surface area contributed by atoms with Gasteiger partial charge in [0.25, 0.3) is 5.91 Å². The third-order valence-electron chi connectivity index (χ3n) is 3.78. The number of hydrogen-bond acceptors (Lipinski definition) is 3. The Morgan fingerprint density at radius 2 is 1.95 bits per heavy atom. The van der Waals surface area contributed by atoms with Crippen LogP contribution in [-0.2, 0) is 5.75 Å². The zero-order valence-electron chi connectivity index (χ0n) is 11.9. The predicted octanol–water partition coefficient (Wildman–Crippen LogP) is 4.24. The van der Waals surface area contributed by atoms with Crippen molar-refractivity contribution in [3.63, 3.8) is 0 Å². The van der Waals surface area contributed by atoms with Crippen LogP contribution in [0.2, 0.25) is 0 Å². The highest BCUT2D eigenvalue weighted by atomic mass is 32.2. The average Bonchev–Trinajstić information content (AvgIpc) is 3.17. The number of hydrogen-bond donors (Lipinski definition) is 1. The highest BCUT2D eigenvalue weighted by Crippen LogP contribution is 2.25. The summed E-state index contributed by atoms with van der Waals surface area (Å²) in [5, 5.41) is 3.08. The van der Waals surface area contributed by atoms with Gasteiger partial charge in [-0.2, -0.15) is 0 Å². The Bertz CT molecular complexity index is 588. The quantitative estimate of drug-likeness (QED) is 0.840. The molecule has 1 aromatic heterocycles. The van der Waals surface area contributed by atoms with Crippen LogP contribution in [0.3, 0.4) is 0 Å². The van der Waals surface area contributed by atoms with Crippen molar-refractivity contribution < 1.29 is 9.21 Å². The van der Waals surface area contributed by atoms with Crippen molar-refractivity contribution >= 4 is 17.7 Å². The second kappa shape index (κ2) is 6.85. The van der Waals surface area contributed by atoms with Crippen LogP contribution in [-0.4, -0.2) is 11.9 Å². The molecule has 3 rings (SSSR count). The second-order valence-corrected chi connectivity index (χ2v) is 6.38. The average molecular weight is 301 g/mol. The lowest BCUT2D eigenvalue weighted by Crippen LogP contribution is -2.32. The third-order valence-corrected chi connectivity index (χ3v) is 4.84. The van der Waals surface area contributed by atoms with E-state index in [0.717, 1.165) is 24.2 Å². The molecule has 0 atom stereocenters. The van der Waals surface area contributed by atoms with Gasteiger partial charge in [0.1, 0.15) is 0 Å². The van der Waals surface area contributed by atoms with Crippen LogP contribution < -0.4 is 5.32 Å². The van der Waals surface area contributed by atoms with Gasteiger partial charge in [0.2, 0.25) is 0 Å². The summed E-state index contributed by atoms with van der Waals surface area (Å²) in [7, 11) is 0. The third kappa shape index (κ3) is 3.70. The molecule has 1 saturated carbocycles. The summed E-state index contributed by atoms with van der Waals surface area (Å²) in [5.74, 6) is 1.13. The monoisotopic (exact) mass is 301 g/mol. The Morgan fingerprint density at radius 3 is 2.71 bits per heavy atom. The van der Waals surface area contributed by atoms with Crippen LogP contribution in [0.5, 0.6) is 0 Å². The molecule has 1 aromatic carbocycles. The summed E-state index contributed by atoms with van der Waals surface area (Å²) >= 11 is 1.71. The molecule has 0 bridgehead atoms. The van der Waals surface area contributed by atoms with Gasteiger partial charge in [-0.25, -0.2) is 0 Å². The Hall–Kier alpha value is -1.68. The summed E-state index contributed by atoms with van der Waals surface area (Å²) in [6, 6.07) is 12.4. The first kappa shape index (κ1) is 14.3. The molecule has 1 N–H and O–H groups in total. The minimum absolute atomic E-state index is 0.0736. The van der Waals surface area contributed by atoms with Crippen LogP contribution in [0.15, 0.2) is 52.0 Å². The normalized spacial score (nSPS) is 15.2. The maximum atomic E-state index is 12.3. The standard InChI is InChI=1S/C17H19NO2S/c19-17(18-14-6-4-5-7-14)16-13(10-11-20-16)12-21-15-8-2-1-3-9-15/h1-3,8-11,14H,4-7,12H2,(H,18,19). The first-order valence-corrected chi connectivity index (χ1v) is 8.36. The van der Waals surface area contributed by atoms with Crippen molar-refractivity contribution in [1.82, 2.24) is 5.32 Å². The van der Waals surface area contributed by atoms with E-state index in [9.17, 15) is 4.79 Å². The van der Waals surface area contributed by atoms with Crippen LogP contribution in [0.1, 0.15) is 41.8 Å². The highest BCUT2D eigenvalue weighted by Gasteiger charge is 2.21. The Morgan fingerprint density at radius 1 is 1.19 bits per heavy atom. The van der Waals surface area contributed by atoms with Gasteiger partial charge in [0, 0.05) is 22.3 Å². The molecule has 1 amide bonds. The fraction of sp³-hybridized carbons (Fsp3) is 0.353. The van der Waals surface area contributed by atoms with Crippen LogP contribution >= 0.6 is 11.8 Å². The molecule has 1 aliphatic carbocycles. The van der Waals surface area contributed by atoms with E-state index in [1.807, 2.05) is 24.3 Å². The van der Waals surface area contributed by atoms with E-state index >= 15 is 0 Å². The molecule has 0 aliphatic heterocycles. The Labute approximate surface area is 129 Å². The van der Waals surface area contributed by atoms with E-state index in [-0.39, 0.29) is 5.91 Å². The first-order chi connectivity index (χ1) is 10.3. The lowest BCUT2D eigenvalue weighted by molar-refractivity contribution is 0.0909. The lowest BCUT2D eigenvalue weighted by atomic mass is 10.2. The fourth-order valence-electron chi connectivity index (χ4n) is 2.65. The number of furan rings is 1. The van der Waals surface area contributed by atoms with Crippen LogP contribution in [0.25, 0.3) is 0 Å². The van der Waals surface area contributed by atoms with Crippen molar-refractivity contribution in [3.8, 4) is 0 Å². The zero-order valence-corrected chi connectivity index (χ0v) is 12.7. The summed E-state index contributed by atoms with van der Waals surface area (Å²) in [5.41, 5.74) is 0.958. The molecule has 1 aliphatic rings. The number of thioether (sulfide) groups is 1. The molecule has 4 heteroatoms. The largest absolute Gasteiger partial charge is 0.459 e. The molecule has 3 nitrogen and oxygen atoms in total. The van der Waals surface area contributed by atoms with Crippen molar-refractivity contribution in [2.45, 2.75) is 42.4 Å². The molecule has 1 heterocycles. The molecule has 1 fully saturated rings. The first-order valence-electron chi connectivity index (χ1n) is 7.38. The van der Waals surface area contributed by atoms with Gasteiger partial charge in [0.15, 0.2) is 5.76 Å². The number of carbonyl (C=O) groups is 1. The van der Waals surface area contributed by atoms with Crippen molar-refractivity contribution in [2.75, 3.05) is 0 Å². The van der Waals surface area contributed by atoms with E-state index in [1.54, 1.807) is 18.0 Å². The van der Waals surface area contributed by atoms with Crippen LogP contribution in [0.4, 0.5) is 0 Å². The van der Waals surface area contributed by atoms with Crippen molar-refractivity contribution in [3.05, 3.63) is 54.0 Å². The number of rotatable bonds is 5. The summed E-state index contributed by atoms with van der Waals surface area (Å²) in [6.45, 7) is 0. The summed E-state index contributed by atoms with van der Waals surface area (Å²) < 4.78 is 5.40. The summed E-state index contributed by atoms with van der Waals surface area (Å²) in [6.07, 6.45) is 6.19. The van der Waals surface area contributed by atoms with Gasteiger partial charge < -0.3 is 9.73 Å². The van der Waals surface area contributed by atoms with E-state index in [1.165, 1.54) is 17.7 Å². The lowest BCUT2D eigenvalue weighted by Gasteiger charge is -2.11. The van der Waals surface area contributed by atoms with Gasteiger partial charge >= 0.3 is 0 Å². The van der Waals surface area contributed by atoms with Crippen molar-refractivity contribution in [1.29, 1.82) is 0 Å². The zero-order chi connectivity index (χ0) is 14.5. The topological polar surface area (TPSA) is 42.2 Å². The van der Waals surface area contributed by atoms with E-state index in [2.05, 4.69) is 17.4 Å². The second-order valence-electron chi connectivity index (χ2n) is 5.33. The minimum Gasteiger partial charge on any atom is -0.459 e. The van der Waals surface area contributed by atoms with Gasteiger partial charge in [0.05, 0.1) is 6.26 Å². The molecular weight excluding hydrogens is 282 g/mol. The maximum Gasteiger partial charge on any atom is 0.287 e. The Kier molecular flexibility index (Phi) is 4.65. The Balaban J connectivity index is 1.61. The molecule has 0 unspecified atom stereocenters. The van der Waals surface area contributed by atoms with Crippen LogP contribution in [0, 0.1) is 0 Å². The molecule has 2 aromatic rings. The molecule has 0 spiro atoms. The van der Waals surface area contributed by atoms with Gasteiger partial charge in [-0.05, 0) is 31.0 Å². The van der Waals surface area contributed by atoms with Crippen molar-refractivity contribution in [2.24, 2.45) is 0 Å².